The number of methoxy groups -OCH3 is 1. The van der Waals surface area contributed by atoms with Crippen molar-refractivity contribution in [2.75, 3.05) is 13.7 Å². The summed E-state index contributed by atoms with van der Waals surface area (Å²) in [6, 6.07) is 0. The lowest BCUT2D eigenvalue weighted by Gasteiger charge is -2.25. The molecule has 16 heavy (non-hydrogen) atoms. The van der Waals surface area contributed by atoms with Gasteiger partial charge in [-0.2, -0.15) is 0 Å². The van der Waals surface area contributed by atoms with Crippen LogP contribution < -0.4 is 0 Å². The first kappa shape index (κ1) is 12.6. The Morgan fingerprint density at radius 1 is 1.50 bits per heavy atom. The highest BCUT2D eigenvalue weighted by Gasteiger charge is 2.47. The van der Waals surface area contributed by atoms with Crippen molar-refractivity contribution in [2.24, 2.45) is 0 Å². The number of esters is 1. The molecule has 0 bridgehead atoms. The Balaban J connectivity index is 2.79. The second-order valence-corrected chi connectivity index (χ2v) is 3.62. The summed E-state index contributed by atoms with van der Waals surface area (Å²) in [6.07, 6.45) is 0.821. The Morgan fingerprint density at radius 3 is 2.69 bits per heavy atom. The predicted molar refractivity (Wildman–Crippen MR) is 54.4 cm³/mol. The summed E-state index contributed by atoms with van der Waals surface area (Å²) in [6.45, 7) is 1.34. The van der Waals surface area contributed by atoms with Crippen LogP contribution in [0.5, 0.6) is 0 Å². The average molecular weight is 226 g/mol. The molecule has 0 amide bonds. The normalized spacial score (nSPS) is 24.4. The lowest BCUT2D eigenvalue weighted by Crippen LogP contribution is -2.39. The highest BCUT2D eigenvalue weighted by atomic mass is 16.5. The molecule has 0 radical (unpaired) electrons. The van der Waals surface area contributed by atoms with Crippen LogP contribution in [-0.4, -0.2) is 37.0 Å². The van der Waals surface area contributed by atoms with Gasteiger partial charge in [0, 0.05) is 26.9 Å². The van der Waals surface area contributed by atoms with Crippen LogP contribution in [0, 0.1) is 0 Å². The molecule has 1 rings (SSSR count). The Bertz CT molecular complexity index is 353. The first-order valence-corrected chi connectivity index (χ1v) is 5.03. The van der Waals surface area contributed by atoms with E-state index < -0.39 is 11.6 Å². The van der Waals surface area contributed by atoms with Crippen molar-refractivity contribution in [3.63, 3.8) is 0 Å². The number of hydrogen-bond donors (Lipinski definition) is 0. The first-order chi connectivity index (χ1) is 7.56. The van der Waals surface area contributed by atoms with Crippen molar-refractivity contribution in [3.8, 4) is 0 Å². The third-order valence-corrected chi connectivity index (χ3v) is 2.77. The van der Waals surface area contributed by atoms with Crippen LogP contribution in [0.4, 0.5) is 0 Å². The molecule has 5 heteroatoms. The molecule has 5 nitrogen and oxygen atoms in total. The number of ketones is 1. The van der Waals surface area contributed by atoms with Gasteiger partial charge in [0.1, 0.15) is 5.94 Å². The number of Topliss-reactive ketones (excluding diaryl/α,β-unsaturated/α-hetero) is 1. The zero-order valence-electron chi connectivity index (χ0n) is 9.37. The van der Waals surface area contributed by atoms with Gasteiger partial charge in [0.2, 0.25) is 0 Å². The van der Waals surface area contributed by atoms with E-state index >= 15 is 0 Å². The molecule has 0 spiro atoms. The third-order valence-electron chi connectivity index (χ3n) is 2.77. The van der Waals surface area contributed by atoms with Crippen molar-refractivity contribution < 1.29 is 23.9 Å². The van der Waals surface area contributed by atoms with Gasteiger partial charge in [-0.25, -0.2) is 4.79 Å². The summed E-state index contributed by atoms with van der Waals surface area (Å²) in [5.41, 5.74) is -0.913. The van der Waals surface area contributed by atoms with Crippen molar-refractivity contribution in [1.82, 2.24) is 0 Å². The highest BCUT2D eigenvalue weighted by molar-refractivity contribution is 5.96. The Labute approximate surface area is 93.4 Å². The molecular formula is C11H14O5. The molecule has 1 fully saturated rings. The largest absolute Gasteiger partial charge is 0.466 e. The van der Waals surface area contributed by atoms with Gasteiger partial charge in [0.05, 0.1) is 12.2 Å². The van der Waals surface area contributed by atoms with E-state index in [1.54, 1.807) is 5.94 Å². The molecule has 1 aliphatic rings. The molecule has 0 aliphatic heterocycles. The second-order valence-electron chi connectivity index (χ2n) is 3.62. The van der Waals surface area contributed by atoms with E-state index in [0.29, 0.717) is 12.0 Å². The van der Waals surface area contributed by atoms with E-state index in [2.05, 4.69) is 0 Å². The van der Waals surface area contributed by atoms with Gasteiger partial charge in [0.15, 0.2) is 11.4 Å². The lowest BCUT2D eigenvalue weighted by atomic mass is 9.93. The van der Waals surface area contributed by atoms with E-state index in [1.165, 1.54) is 14.0 Å². The number of carbonyl (C=O) groups is 2. The number of rotatable bonds is 4. The summed E-state index contributed by atoms with van der Waals surface area (Å²) < 4.78 is 9.91. The molecule has 1 atom stereocenters. The Morgan fingerprint density at radius 2 is 2.19 bits per heavy atom. The van der Waals surface area contributed by atoms with E-state index in [1.807, 2.05) is 0 Å². The maximum atomic E-state index is 11.7. The molecular weight excluding hydrogens is 212 g/mol. The Kier molecular flexibility index (Phi) is 3.99. The zero-order chi connectivity index (χ0) is 12.2. The van der Waals surface area contributed by atoms with Gasteiger partial charge in [-0.1, -0.05) is 0 Å². The van der Waals surface area contributed by atoms with Crippen LogP contribution in [0.15, 0.2) is 5.57 Å². The Hall–Kier alpha value is -1.45. The van der Waals surface area contributed by atoms with E-state index in [0.717, 1.165) is 0 Å². The van der Waals surface area contributed by atoms with Gasteiger partial charge >= 0.3 is 5.97 Å². The van der Waals surface area contributed by atoms with Gasteiger partial charge in [-0.05, 0) is 6.42 Å². The molecule has 0 heterocycles. The lowest BCUT2D eigenvalue weighted by molar-refractivity contribution is -0.145. The molecule has 1 saturated carbocycles. The maximum Gasteiger partial charge on any atom is 0.302 e. The first-order valence-electron chi connectivity index (χ1n) is 5.03. The van der Waals surface area contributed by atoms with Gasteiger partial charge in [-0.15, -0.1) is 0 Å². The SMILES string of the molecule is COC1(CCOC(C)=O)C(=O)CCC1=C=O. The molecule has 0 aromatic carbocycles. The average Bonchev–Trinajstić information content (AvgIpc) is 2.56. The molecule has 1 aliphatic carbocycles. The van der Waals surface area contributed by atoms with Gasteiger partial charge in [-0.3, -0.25) is 9.59 Å². The van der Waals surface area contributed by atoms with Crippen LogP contribution in [0.2, 0.25) is 0 Å². The molecule has 1 unspecified atom stereocenters. The quantitative estimate of drug-likeness (QED) is 0.514. The van der Waals surface area contributed by atoms with E-state index in [-0.39, 0.29) is 25.2 Å². The molecule has 0 aromatic heterocycles. The van der Waals surface area contributed by atoms with E-state index in [9.17, 15) is 14.4 Å². The minimum absolute atomic E-state index is 0.0556. The summed E-state index contributed by atoms with van der Waals surface area (Å²) in [4.78, 5) is 33.0. The van der Waals surface area contributed by atoms with Crippen molar-refractivity contribution in [3.05, 3.63) is 5.57 Å². The number of carbonyl (C=O) groups excluding carboxylic acids is 3. The van der Waals surface area contributed by atoms with Gasteiger partial charge in [0.25, 0.3) is 0 Å². The third kappa shape index (κ3) is 2.21. The smallest absolute Gasteiger partial charge is 0.302 e. The summed E-state index contributed by atoms with van der Waals surface area (Å²) in [5.74, 6) is 1.18. The van der Waals surface area contributed by atoms with Crippen LogP contribution in [0.3, 0.4) is 0 Å². The van der Waals surface area contributed by atoms with Crippen LogP contribution >= 0.6 is 0 Å². The van der Waals surface area contributed by atoms with Crippen molar-refractivity contribution in [1.29, 1.82) is 0 Å². The fourth-order valence-electron chi connectivity index (χ4n) is 1.91. The molecule has 0 N–H and O–H groups in total. The van der Waals surface area contributed by atoms with Gasteiger partial charge < -0.3 is 9.47 Å². The maximum absolute atomic E-state index is 11.7. The number of hydrogen-bond acceptors (Lipinski definition) is 5. The monoisotopic (exact) mass is 226 g/mol. The summed E-state index contributed by atoms with van der Waals surface area (Å²) in [7, 11) is 1.37. The minimum Gasteiger partial charge on any atom is -0.466 e. The predicted octanol–water partition coefficient (Wildman–Crippen LogP) is 0.446. The fourth-order valence-corrected chi connectivity index (χ4v) is 1.91. The highest BCUT2D eigenvalue weighted by Crippen LogP contribution is 2.36. The standard InChI is InChI=1S/C11H14O5/c1-8(13)16-6-5-11(15-2)9(7-12)3-4-10(11)14/h3-6H2,1-2H3. The summed E-state index contributed by atoms with van der Waals surface area (Å²) in [5, 5.41) is 0. The summed E-state index contributed by atoms with van der Waals surface area (Å²) >= 11 is 0. The zero-order valence-corrected chi connectivity index (χ0v) is 9.37. The molecule has 0 saturated heterocycles. The van der Waals surface area contributed by atoms with Crippen LogP contribution in [-0.2, 0) is 23.9 Å². The minimum atomic E-state index is -1.23. The second kappa shape index (κ2) is 5.05. The van der Waals surface area contributed by atoms with Crippen molar-refractivity contribution >= 4 is 17.7 Å². The molecule has 0 aromatic rings. The van der Waals surface area contributed by atoms with Crippen LogP contribution in [0.1, 0.15) is 26.2 Å². The fraction of sp³-hybridized carbons (Fsp3) is 0.636. The molecule has 88 valence electrons. The van der Waals surface area contributed by atoms with Crippen LogP contribution in [0.25, 0.3) is 0 Å². The van der Waals surface area contributed by atoms with Crippen molar-refractivity contribution in [2.45, 2.75) is 31.8 Å². The topological polar surface area (TPSA) is 69.7 Å². The van der Waals surface area contributed by atoms with E-state index in [4.69, 9.17) is 9.47 Å². The number of ether oxygens (including phenoxy) is 2.